The number of aryl methyl sites for hydroxylation is 1. The maximum atomic E-state index is 11.6. The Bertz CT molecular complexity index is 393. The fraction of sp³-hybridized carbons (Fsp3) is 0.500. The number of aliphatic hydroxyl groups excluding tert-OH is 1. The fourth-order valence-electron chi connectivity index (χ4n) is 1.52. The molecular formula is C14H23ClN2O2. The summed E-state index contributed by atoms with van der Waals surface area (Å²) < 4.78 is 0. The van der Waals surface area contributed by atoms with E-state index in [1.165, 1.54) is 0 Å². The van der Waals surface area contributed by atoms with Gasteiger partial charge in [0.05, 0.1) is 12.1 Å². The highest BCUT2D eigenvalue weighted by molar-refractivity contribution is 5.85. The second-order valence-corrected chi connectivity index (χ2v) is 4.94. The lowest BCUT2D eigenvalue weighted by molar-refractivity contribution is -0.123. The molecular weight excluding hydrogens is 264 g/mol. The highest BCUT2D eigenvalue weighted by Gasteiger charge is 2.18. The molecule has 1 amide bonds. The first-order valence-electron chi connectivity index (χ1n) is 6.19. The summed E-state index contributed by atoms with van der Waals surface area (Å²) in [5.74, 6) is -0.141. The maximum Gasteiger partial charge on any atom is 0.237 e. The van der Waals surface area contributed by atoms with Gasteiger partial charge in [0.1, 0.15) is 0 Å². The van der Waals surface area contributed by atoms with Gasteiger partial charge in [-0.15, -0.1) is 12.4 Å². The van der Waals surface area contributed by atoms with Gasteiger partial charge < -0.3 is 16.2 Å². The van der Waals surface area contributed by atoms with E-state index >= 15 is 0 Å². The molecule has 1 aromatic carbocycles. The van der Waals surface area contributed by atoms with Crippen LogP contribution in [0, 0.1) is 12.8 Å². The number of carbonyl (C=O) groups excluding carboxylic acids is 1. The number of halogens is 1. The topological polar surface area (TPSA) is 75.3 Å². The Morgan fingerprint density at radius 1 is 1.32 bits per heavy atom. The zero-order valence-electron chi connectivity index (χ0n) is 11.6. The predicted octanol–water partition coefficient (Wildman–Crippen LogP) is 1.55. The number of carbonyl (C=O) groups is 1. The molecule has 0 aromatic heterocycles. The molecule has 0 aliphatic heterocycles. The number of nitrogens with one attached hydrogen (secondary N) is 1. The van der Waals surface area contributed by atoms with Crippen LogP contribution in [-0.4, -0.2) is 23.6 Å². The third-order valence-corrected chi connectivity index (χ3v) is 2.95. The minimum absolute atomic E-state index is 0. The average molecular weight is 287 g/mol. The molecule has 0 fully saturated rings. The van der Waals surface area contributed by atoms with E-state index in [9.17, 15) is 9.90 Å². The number of rotatable bonds is 5. The molecule has 0 radical (unpaired) electrons. The van der Waals surface area contributed by atoms with Crippen LogP contribution in [0.25, 0.3) is 0 Å². The third kappa shape index (κ3) is 5.59. The van der Waals surface area contributed by atoms with Crippen LogP contribution in [0.2, 0.25) is 0 Å². The number of nitrogens with two attached hydrogens (primary N) is 1. The Kier molecular flexibility index (Phi) is 7.68. The molecule has 1 rings (SSSR count). The lowest BCUT2D eigenvalue weighted by Gasteiger charge is -2.17. The van der Waals surface area contributed by atoms with E-state index < -0.39 is 12.1 Å². The van der Waals surface area contributed by atoms with Crippen LogP contribution in [0.5, 0.6) is 0 Å². The van der Waals surface area contributed by atoms with Crippen molar-refractivity contribution in [1.82, 2.24) is 5.32 Å². The zero-order valence-corrected chi connectivity index (χ0v) is 12.4. The quantitative estimate of drug-likeness (QED) is 0.769. The van der Waals surface area contributed by atoms with Gasteiger partial charge in [-0.05, 0) is 18.4 Å². The van der Waals surface area contributed by atoms with Gasteiger partial charge in [-0.2, -0.15) is 0 Å². The van der Waals surface area contributed by atoms with E-state index in [0.717, 1.165) is 11.1 Å². The van der Waals surface area contributed by atoms with Crippen LogP contribution < -0.4 is 11.1 Å². The van der Waals surface area contributed by atoms with Crippen molar-refractivity contribution in [2.45, 2.75) is 32.9 Å². The molecule has 4 nitrogen and oxygen atoms in total. The van der Waals surface area contributed by atoms with Gasteiger partial charge in [0.25, 0.3) is 0 Å². The second kappa shape index (κ2) is 8.15. The van der Waals surface area contributed by atoms with Gasteiger partial charge in [-0.3, -0.25) is 4.79 Å². The minimum atomic E-state index is -0.700. The summed E-state index contributed by atoms with van der Waals surface area (Å²) in [6.45, 7) is 5.95. The Morgan fingerprint density at radius 3 is 2.32 bits per heavy atom. The van der Waals surface area contributed by atoms with Crippen molar-refractivity contribution in [3.8, 4) is 0 Å². The van der Waals surface area contributed by atoms with Crippen molar-refractivity contribution in [3.05, 3.63) is 35.4 Å². The van der Waals surface area contributed by atoms with Crippen LogP contribution in [0.3, 0.4) is 0 Å². The van der Waals surface area contributed by atoms with E-state index in [1.807, 2.05) is 45.0 Å². The Labute approximate surface area is 120 Å². The summed E-state index contributed by atoms with van der Waals surface area (Å²) in [7, 11) is 0. The van der Waals surface area contributed by atoms with Gasteiger partial charge in [-0.25, -0.2) is 0 Å². The minimum Gasteiger partial charge on any atom is -0.387 e. The number of benzene rings is 1. The fourth-order valence-corrected chi connectivity index (χ4v) is 1.52. The van der Waals surface area contributed by atoms with Crippen LogP contribution in [0.4, 0.5) is 0 Å². The van der Waals surface area contributed by atoms with E-state index in [-0.39, 0.29) is 30.8 Å². The van der Waals surface area contributed by atoms with Gasteiger partial charge in [0.2, 0.25) is 5.91 Å². The summed E-state index contributed by atoms with van der Waals surface area (Å²) in [5, 5.41) is 12.6. The van der Waals surface area contributed by atoms with Crippen LogP contribution >= 0.6 is 12.4 Å². The number of amides is 1. The van der Waals surface area contributed by atoms with Crippen LogP contribution in [0.15, 0.2) is 24.3 Å². The molecule has 0 aliphatic carbocycles. The third-order valence-electron chi connectivity index (χ3n) is 2.95. The Balaban J connectivity index is 0.00000324. The number of aliphatic hydroxyl groups is 1. The van der Waals surface area contributed by atoms with Crippen molar-refractivity contribution >= 4 is 18.3 Å². The first-order valence-corrected chi connectivity index (χ1v) is 6.19. The first kappa shape index (κ1) is 17.9. The largest absolute Gasteiger partial charge is 0.387 e. The Morgan fingerprint density at radius 2 is 1.84 bits per heavy atom. The van der Waals surface area contributed by atoms with Gasteiger partial charge in [0, 0.05) is 6.54 Å². The molecule has 0 aliphatic rings. The molecule has 1 unspecified atom stereocenters. The summed E-state index contributed by atoms with van der Waals surface area (Å²) in [6.07, 6.45) is -0.700. The van der Waals surface area contributed by atoms with Crippen LogP contribution in [0.1, 0.15) is 31.1 Å². The molecule has 108 valence electrons. The first-order chi connectivity index (χ1) is 8.41. The van der Waals surface area contributed by atoms with E-state index in [1.54, 1.807) is 0 Å². The van der Waals surface area contributed by atoms with Crippen molar-refractivity contribution in [2.24, 2.45) is 11.7 Å². The monoisotopic (exact) mass is 286 g/mol. The molecule has 5 heteroatoms. The lowest BCUT2D eigenvalue weighted by Crippen LogP contribution is -2.45. The van der Waals surface area contributed by atoms with E-state index in [4.69, 9.17) is 5.73 Å². The molecule has 2 atom stereocenters. The molecule has 4 N–H and O–H groups in total. The maximum absolute atomic E-state index is 11.6. The van der Waals surface area contributed by atoms with Gasteiger partial charge in [-0.1, -0.05) is 43.7 Å². The highest BCUT2D eigenvalue weighted by atomic mass is 35.5. The number of hydrogen-bond donors (Lipinski definition) is 3. The summed E-state index contributed by atoms with van der Waals surface area (Å²) in [5.41, 5.74) is 7.64. The highest BCUT2D eigenvalue weighted by Crippen LogP contribution is 2.12. The molecule has 19 heavy (non-hydrogen) atoms. The standard InChI is InChI=1S/C14H22N2O2.ClH/c1-9(2)13(15)14(18)16-8-12(17)11-6-4-10(3)5-7-11;/h4-7,9,12-13,17H,8,15H2,1-3H3,(H,16,18);1H/t12?,13-;/m0./s1. The molecule has 1 aromatic rings. The van der Waals surface area contributed by atoms with E-state index in [2.05, 4.69) is 5.32 Å². The van der Waals surface area contributed by atoms with Crippen molar-refractivity contribution in [3.63, 3.8) is 0 Å². The van der Waals surface area contributed by atoms with Gasteiger partial charge >= 0.3 is 0 Å². The predicted molar refractivity (Wildman–Crippen MR) is 79.2 cm³/mol. The lowest BCUT2D eigenvalue weighted by atomic mass is 10.0. The molecule has 0 bridgehead atoms. The molecule has 0 saturated heterocycles. The summed E-state index contributed by atoms with van der Waals surface area (Å²) in [6, 6.07) is 7.04. The van der Waals surface area contributed by atoms with E-state index in [0.29, 0.717) is 0 Å². The molecule has 0 heterocycles. The van der Waals surface area contributed by atoms with Crippen molar-refractivity contribution < 1.29 is 9.90 Å². The Hall–Kier alpha value is -1.10. The molecule has 0 spiro atoms. The summed E-state index contributed by atoms with van der Waals surface area (Å²) >= 11 is 0. The zero-order chi connectivity index (χ0) is 13.7. The van der Waals surface area contributed by atoms with Crippen molar-refractivity contribution in [2.75, 3.05) is 6.54 Å². The SMILES string of the molecule is Cc1ccc(C(O)CNC(=O)[C@@H](N)C(C)C)cc1.Cl. The molecule has 0 saturated carbocycles. The van der Waals surface area contributed by atoms with Gasteiger partial charge in [0.15, 0.2) is 0 Å². The second-order valence-electron chi connectivity index (χ2n) is 4.94. The van der Waals surface area contributed by atoms with Crippen molar-refractivity contribution in [1.29, 1.82) is 0 Å². The van der Waals surface area contributed by atoms with Crippen LogP contribution in [-0.2, 0) is 4.79 Å². The smallest absolute Gasteiger partial charge is 0.237 e. The number of hydrogen-bond acceptors (Lipinski definition) is 3. The average Bonchev–Trinajstić information content (AvgIpc) is 2.35. The summed E-state index contributed by atoms with van der Waals surface area (Å²) in [4.78, 5) is 11.6. The normalized spacial score (nSPS) is 13.6.